The number of benzene rings is 3. The van der Waals surface area contributed by atoms with Crippen LogP contribution in [0.4, 0.5) is 4.79 Å². The molecule has 1 aliphatic rings. The number of nitrogens with zero attached hydrogens (tertiary/aromatic N) is 4. The largest absolute Gasteiger partial charge is 0.481 e. The molecule has 686 valence electrons. The fourth-order valence-corrected chi connectivity index (χ4v) is 14.1. The summed E-state index contributed by atoms with van der Waals surface area (Å²) in [5, 5.41) is 72.2. The fraction of sp³-hybridized carbons (Fsp3) is 0.494. The van der Waals surface area contributed by atoms with Crippen molar-refractivity contribution in [2.75, 3.05) is 59.9 Å². The summed E-state index contributed by atoms with van der Waals surface area (Å²) in [4.78, 5) is 230. The van der Waals surface area contributed by atoms with Crippen LogP contribution in [-0.2, 0) is 73.5 Å². The van der Waals surface area contributed by atoms with Crippen LogP contribution in [0.5, 0.6) is 0 Å². The number of carboxylic acids is 1. The molecule has 0 bridgehead atoms. The molecule has 0 spiro atoms. The number of aliphatic carboxylic acids is 1. The van der Waals surface area contributed by atoms with E-state index in [0.29, 0.717) is 43.2 Å². The highest BCUT2D eigenvalue weighted by Crippen LogP contribution is 2.34. The Labute approximate surface area is 732 Å². The molecule has 2 aromatic heterocycles. The van der Waals surface area contributed by atoms with Crippen LogP contribution in [0.25, 0.3) is 23.1 Å². The van der Waals surface area contributed by atoms with Gasteiger partial charge < -0.3 is 123 Å². The molecule has 5 aromatic rings. The number of rotatable bonds is 39. The number of nitrogens with two attached hydrogens (primary N) is 5. The summed E-state index contributed by atoms with van der Waals surface area (Å²) >= 11 is 1.29. The van der Waals surface area contributed by atoms with E-state index in [1.54, 1.807) is 118 Å². The van der Waals surface area contributed by atoms with E-state index in [0.717, 1.165) is 13.8 Å². The highest BCUT2D eigenvalue weighted by atomic mass is 32.2. The molecule has 3 heterocycles. The van der Waals surface area contributed by atoms with Crippen molar-refractivity contribution in [1.82, 2.24) is 94.1 Å². The summed E-state index contributed by atoms with van der Waals surface area (Å²) in [7, 11) is 3.00. The zero-order valence-corrected chi connectivity index (χ0v) is 72.3. The first-order chi connectivity index (χ1) is 60.0. The van der Waals surface area contributed by atoms with Gasteiger partial charge in [0.1, 0.15) is 66.5 Å². The smallest absolute Gasteiger partial charge is 0.345 e. The number of carboxylic acid groups (broad SMARTS) is 1. The monoisotopic (exact) mass is 1770 g/mol. The Hall–Kier alpha value is -12.4. The van der Waals surface area contributed by atoms with Crippen molar-refractivity contribution in [1.29, 1.82) is 0 Å². The van der Waals surface area contributed by atoms with E-state index in [1.165, 1.54) is 35.4 Å². The molecule has 1 saturated heterocycles. The zero-order valence-electron chi connectivity index (χ0n) is 71.4. The van der Waals surface area contributed by atoms with Crippen molar-refractivity contribution in [3.8, 4) is 0 Å². The summed E-state index contributed by atoms with van der Waals surface area (Å²) in [5.41, 5.74) is 32.0. The number of amides is 15. The minimum Gasteiger partial charge on any atom is -0.481 e. The second-order valence-corrected chi connectivity index (χ2v) is 31.7. The molecular formula is C83H119N23O19S. The number of likely N-dealkylation sites (N-methyl/N-ethyl adjacent to an activating group) is 1. The predicted octanol–water partition coefficient (Wildman–Crippen LogP) is -4.19. The van der Waals surface area contributed by atoms with Crippen LogP contribution in [-0.4, -0.2) is 274 Å². The average Bonchev–Trinajstić information content (AvgIpc) is 1.62. The zero-order chi connectivity index (χ0) is 92.9. The molecule has 0 aliphatic carbocycles. The molecule has 126 heavy (non-hydrogen) atoms. The minimum atomic E-state index is -1.92. The molecule has 6 rings (SSSR count). The maximum atomic E-state index is 14.8. The van der Waals surface area contributed by atoms with Crippen LogP contribution in [0.1, 0.15) is 133 Å². The van der Waals surface area contributed by atoms with Crippen LogP contribution >= 0.6 is 11.8 Å². The topological polar surface area (TPSA) is 666 Å². The van der Waals surface area contributed by atoms with Crippen LogP contribution in [0.3, 0.4) is 0 Å². The third kappa shape index (κ3) is 32.0. The number of carbonyl (C=O) groups excluding carboxylic acids is 15. The highest BCUT2D eigenvalue weighted by molar-refractivity contribution is 7.99. The Kier molecular flexibility index (Phi) is 42.1. The molecule has 0 radical (unpaired) electrons. The maximum absolute atomic E-state index is 14.8. The number of aliphatic hydroxyl groups excluding tert-OH is 2. The van der Waals surface area contributed by atoms with Gasteiger partial charge in [-0.1, -0.05) is 74.1 Å². The van der Waals surface area contributed by atoms with Crippen LogP contribution in [0, 0.1) is 5.92 Å². The van der Waals surface area contributed by atoms with Gasteiger partial charge in [-0.2, -0.15) is 9.78 Å². The fourth-order valence-electron chi connectivity index (χ4n) is 13.1. The van der Waals surface area contributed by atoms with Gasteiger partial charge in [0, 0.05) is 80.3 Å². The molecule has 0 saturated carbocycles. The molecule has 3 aromatic carbocycles. The molecule has 43 heteroatoms. The van der Waals surface area contributed by atoms with Crippen molar-refractivity contribution in [3.63, 3.8) is 0 Å². The third-order valence-electron chi connectivity index (χ3n) is 20.2. The molecule has 27 N–H and O–H groups in total. The first-order valence-electron chi connectivity index (χ1n) is 41.4. The van der Waals surface area contributed by atoms with Crippen molar-refractivity contribution in [2.24, 2.45) is 34.6 Å². The minimum absolute atomic E-state index is 0.0000673. The second kappa shape index (κ2) is 51.8. The summed E-state index contributed by atoms with van der Waals surface area (Å²) in [5.74, 6) is -14.8. The molecule has 1 aliphatic heterocycles. The number of nitrogens with one attached hydrogen (secondary N) is 14. The number of hydrogen-bond acceptors (Lipinski definition) is 26. The lowest BCUT2D eigenvalue weighted by Gasteiger charge is -2.29. The van der Waals surface area contributed by atoms with E-state index in [1.807, 2.05) is 12.1 Å². The molecule has 7 unspecified atom stereocenters. The Morgan fingerprint density at radius 1 is 0.587 bits per heavy atom. The first kappa shape index (κ1) is 102. The number of pyridine rings is 1. The van der Waals surface area contributed by atoms with Crippen LogP contribution in [0.2, 0.25) is 0 Å². The Balaban J connectivity index is 1.16. The number of carbonyl (C=O) groups is 16. The van der Waals surface area contributed by atoms with Gasteiger partial charge in [0.25, 0.3) is 5.91 Å². The van der Waals surface area contributed by atoms with Gasteiger partial charge in [-0.3, -0.25) is 76.9 Å². The lowest BCUT2D eigenvalue weighted by atomic mass is 10.00. The first-order valence-corrected chi connectivity index (χ1v) is 42.2. The quantitative estimate of drug-likeness (QED) is 0.0177. The van der Waals surface area contributed by atoms with E-state index >= 15 is 0 Å². The molecule has 1 fully saturated rings. The third-order valence-corrected chi connectivity index (χ3v) is 21.2. The van der Waals surface area contributed by atoms with Crippen LogP contribution < -0.4 is 103 Å². The van der Waals surface area contributed by atoms with Gasteiger partial charge in [0.2, 0.25) is 76.8 Å². The number of fused-ring (bicyclic) bond motifs is 1. The van der Waals surface area contributed by atoms with E-state index in [9.17, 15) is 92.0 Å². The maximum Gasteiger partial charge on any atom is 0.345 e. The molecule has 42 nitrogen and oxygen atoms in total. The lowest BCUT2D eigenvalue weighted by Crippen LogP contribution is -2.62. The van der Waals surface area contributed by atoms with Gasteiger partial charge in [-0.15, -0.1) is 0 Å². The average molecular weight is 1780 g/mol. The van der Waals surface area contributed by atoms with E-state index in [-0.39, 0.29) is 89.6 Å². The SMILES string of the molecule is CNC(=O)c1ccccc1Sc1ccc2c(/C=C/c3ccccn3)nn(C(=O)N(C)C(C)CNC(=O)[C@@H](CCC(=O)O)NC(=O)CCC(=O)N[C@H](CCN)C(=O)NC(C(=O)N[C@H](CCN)C(=O)NC3CCNC(=O)C(C(C)O)NC(=O)C(CCN)NC(=O)[C@H](CCN)NC(=O)[C@H](CC(C)C)NC(=O)[C@H](Cc4ccccc4)NC(=O)C(CCN)NC3=O)[C@H](C)O)c2c1. The summed E-state index contributed by atoms with van der Waals surface area (Å²) in [6.07, 6.45) is -2.74. The number of aromatic nitrogens is 3. The van der Waals surface area contributed by atoms with Gasteiger partial charge in [-0.05, 0) is 171 Å². The van der Waals surface area contributed by atoms with Crippen molar-refractivity contribution in [2.45, 2.75) is 206 Å². The Morgan fingerprint density at radius 3 is 1.70 bits per heavy atom. The van der Waals surface area contributed by atoms with Crippen molar-refractivity contribution < 1.29 is 92.0 Å². The Bertz CT molecular complexity index is 4620. The van der Waals surface area contributed by atoms with Crippen molar-refractivity contribution in [3.05, 3.63) is 120 Å². The summed E-state index contributed by atoms with van der Waals surface area (Å²) < 4.78 is 1.20. The van der Waals surface area contributed by atoms with E-state index in [4.69, 9.17) is 33.8 Å². The summed E-state index contributed by atoms with van der Waals surface area (Å²) in [6.45, 7) is 5.44. The second-order valence-electron chi connectivity index (χ2n) is 30.6. The van der Waals surface area contributed by atoms with Gasteiger partial charge in [0.15, 0.2) is 0 Å². The Morgan fingerprint density at radius 2 is 1.13 bits per heavy atom. The highest BCUT2D eigenvalue weighted by Gasteiger charge is 2.39. The van der Waals surface area contributed by atoms with Gasteiger partial charge >= 0.3 is 12.0 Å². The standard InChI is InChI=1S/C83H119N23O19S/c1-45(2)41-62-79(121)97-57(29-35-85)73(115)96-60(32-38-88)78(120)102-69(47(4)107)81(123)91-40-33-61(76(118)95-58(30-36-86)75(117)101-63(80(122)100-62)42-49-15-9-8-10-16-49)98-74(116)59(31-37-87)99-82(124)70(48(5)108)103-77(119)56(28-34-84)94-67(110)26-25-66(109)93-55(24-27-68(111)112)72(114)92-44-46(3)105(7)83(125)106-64-43-51(126-65-19-12-11-18-53(65)71(113)89-6)21-22-52(64)54(104-106)23-20-50-17-13-14-39-90-50/h8-23,39,43,45-48,55-63,69-70,107-108H,24-38,40-42,44,84-88H2,1-7H3,(H,89,113)(H,91,123)(H,92,114)(H,93,109)(H,94,110)(H,95,118)(H,96,115)(H,97,121)(H,98,116)(H,99,124)(H,100,122)(H,101,117)(H,102,120)(H,103,119)(H,111,112)/b23-20+/t46?,47?,48-,55+,56+,57-,58?,59+,60?,61?,62-,63-,69?,70?/m0/s1. The molecule has 15 amide bonds. The molecular weight excluding hydrogens is 1660 g/mol. The summed E-state index contributed by atoms with van der Waals surface area (Å²) in [6, 6.07) is 7.25. The predicted molar refractivity (Wildman–Crippen MR) is 464 cm³/mol. The van der Waals surface area contributed by atoms with Gasteiger partial charge in [0.05, 0.1) is 34.7 Å². The van der Waals surface area contributed by atoms with Crippen LogP contribution in [0.15, 0.2) is 107 Å². The van der Waals surface area contributed by atoms with Crippen molar-refractivity contribution >= 4 is 130 Å². The van der Waals surface area contributed by atoms with E-state index < -0.39 is 219 Å². The molecule has 14 atom stereocenters. The normalized spacial score (nSPS) is 19.4. The number of hydrogen-bond donors (Lipinski definition) is 22. The van der Waals surface area contributed by atoms with E-state index in [2.05, 4.69) is 79.4 Å². The van der Waals surface area contributed by atoms with Gasteiger partial charge in [-0.25, -0.2) is 4.79 Å². The number of aliphatic hydroxyl groups is 2. The lowest BCUT2D eigenvalue weighted by molar-refractivity contribution is -0.138.